The van der Waals surface area contributed by atoms with Gasteiger partial charge in [0.25, 0.3) is 20.2 Å². The number of anilines is 4. The van der Waals surface area contributed by atoms with Crippen LogP contribution >= 0.6 is 0 Å². The summed E-state index contributed by atoms with van der Waals surface area (Å²) < 4.78 is 70.0. The van der Waals surface area contributed by atoms with Gasteiger partial charge in [-0.1, -0.05) is 12.1 Å². The van der Waals surface area contributed by atoms with Gasteiger partial charge in [0.1, 0.15) is 10.6 Å². The zero-order chi connectivity index (χ0) is 49.4. The Bertz CT molecular complexity index is 3000. The van der Waals surface area contributed by atoms with E-state index in [-0.39, 0.29) is 56.3 Å². The Morgan fingerprint density at radius 2 is 1.12 bits per heavy atom. The monoisotopic (exact) mass is 988 g/mol. The van der Waals surface area contributed by atoms with Crippen molar-refractivity contribution in [3.8, 4) is 5.75 Å². The van der Waals surface area contributed by atoms with Crippen LogP contribution < -0.4 is 48.7 Å². The number of nitrogens with one attached hydrogen (secondary N) is 7. The lowest BCUT2D eigenvalue weighted by Gasteiger charge is -2.13. The number of hydrogen-bond donors (Lipinski definition) is 13. The lowest BCUT2D eigenvalue weighted by atomic mass is 10.1. The topological polar surface area (TPSA) is 391 Å². The first kappa shape index (κ1) is 51.5. The number of carbonyl (C=O) groups is 1. The average molecular weight is 989 g/mol. The van der Waals surface area contributed by atoms with Crippen LogP contribution in [0.15, 0.2) is 109 Å². The van der Waals surface area contributed by atoms with Gasteiger partial charge in [-0.15, -0.1) is 15.3 Å². The molecule has 0 aliphatic heterocycles. The summed E-state index contributed by atoms with van der Waals surface area (Å²) in [6.07, 6.45) is 0. The number of benzene rings is 5. The van der Waals surface area contributed by atoms with Crippen molar-refractivity contribution in [1.29, 1.82) is 0 Å². The number of carboxylic acids is 1. The van der Waals surface area contributed by atoms with Crippen LogP contribution in [0.4, 0.5) is 46.3 Å². The van der Waals surface area contributed by atoms with Crippen molar-refractivity contribution < 1.29 is 40.9 Å². The molecule has 0 atom stereocenters. The van der Waals surface area contributed by atoms with Crippen LogP contribution in [0.3, 0.4) is 0 Å². The van der Waals surface area contributed by atoms with E-state index in [4.69, 9.17) is 11.5 Å². The van der Waals surface area contributed by atoms with Crippen LogP contribution in [0.2, 0.25) is 0 Å². The van der Waals surface area contributed by atoms with Gasteiger partial charge in [0.15, 0.2) is 5.75 Å². The number of fused-ring (bicyclic) bond motifs is 2. The van der Waals surface area contributed by atoms with Crippen LogP contribution in [-0.4, -0.2) is 136 Å². The third-order valence-electron chi connectivity index (χ3n) is 9.88. The smallest absolute Gasteiger partial charge is 0.335 e. The summed E-state index contributed by atoms with van der Waals surface area (Å²) >= 11 is 0. The molecule has 27 heteroatoms. The minimum atomic E-state index is -5.04. The molecule has 0 fully saturated rings. The second kappa shape index (κ2) is 24.4. The predicted octanol–water partition coefficient (Wildman–Crippen LogP) is 3.75. The van der Waals surface area contributed by atoms with Crippen molar-refractivity contribution in [2.75, 3.05) is 94.5 Å². The molecule has 5 aromatic carbocycles. The minimum absolute atomic E-state index is 0.0359. The molecule has 6 aromatic rings. The molecule has 0 aliphatic rings. The first-order chi connectivity index (χ1) is 33.1. The van der Waals surface area contributed by atoms with E-state index in [1.54, 1.807) is 6.07 Å². The molecule has 0 saturated heterocycles. The van der Waals surface area contributed by atoms with E-state index in [2.05, 4.69) is 72.6 Å². The zero-order valence-corrected chi connectivity index (χ0v) is 38.6. The highest BCUT2D eigenvalue weighted by atomic mass is 32.2. The van der Waals surface area contributed by atoms with Crippen LogP contribution in [0.1, 0.15) is 10.4 Å². The standard InChI is InChI=1S/C42H52N16O9S2/c43-11-13-45-15-17-47-19-21-49-40-52-41(50-22-20-48-18-16-46-14-12-44)54-42(53-40)51-29-6-3-27-23-36(69(65,66)67)37(38(59)32(27)24-29)58-57-35-10-9-34(31-8-7-30(25-33(31)35)68(62,63)64)56-55-28-4-1-26(2-5-28)39(60)61/h1-10,23-25,45-48,59H,11-22,43-44H2,(H,60,61)(H,62,63,64)(H,65,66,67)(H3,49,50,51,52,53,54). The molecule has 0 aliphatic carbocycles. The van der Waals surface area contributed by atoms with Crippen molar-refractivity contribution >= 4 is 94.0 Å². The number of azo groups is 2. The Morgan fingerprint density at radius 1 is 0.565 bits per heavy atom. The van der Waals surface area contributed by atoms with Crippen LogP contribution in [0.25, 0.3) is 21.5 Å². The van der Waals surface area contributed by atoms with Crippen molar-refractivity contribution in [3.05, 3.63) is 84.4 Å². The molecule has 69 heavy (non-hydrogen) atoms. The number of rotatable bonds is 27. The number of carboxylic acid groups (broad SMARTS) is 1. The fourth-order valence-corrected chi connectivity index (χ4v) is 7.70. The molecule has 15 N–H and O–H groups in total. The van der Waals surface area contributed by atoms with E-state index in [1.807, 2.05) is 0 Å². The highest BCUT2D eigenvalue weighted by molar-refractivity contribution is 7.86. The number of hydrogen-bond acceptors (Lipinski definition) is 22. The normalized spacial score (nSPS) is 12.1. The molecule has 0 saturated carbocycles. The largest absolute Gasteiger partial charge is 0.505 e. The summed E-state index contributed by atoms with van der Waals surface area (Å²) in [7, 11) is -9.77. The first-order valence-electron chi connectivity index (χ1n) is 21.4. The summed E-state index contributed by atoms with van der Waals surface area (Å²) in [6, 6.07) is 17.6. The van der Waals surface area contributed by atoms with Gasteiger partial charge in [0.05, 0.1) is 27.5 Å². The average Bonchev–Trinajstić information content (AvgIpc) is 3.31. The van der Waals surface area contributed by atoms with E-state index in [0.717, 1.165) is 57.5 Å². The van der Waals surface area contributed by atoms with Gasteiger partial charge in [0, 0.05) is 100 Å². The Morgan fingerprint density at radius 3 is 1.68 bits per heavy atom. The molecule has 1 aromatic heterocycles. The fourth-order valence-electron chi connectivity index (χ4n) is 6.53. The number of aromatic hydroxyl groups is 1. The molecule has 0 unspecified atom stereocenters. The van der Waals surface area contributed by atoms with Crippen LogP contribution in [0, 0.1) is 0 Å². The Balaban J connectivity index is 1.30. The van der Waals surface area contributed by atoms with Gasteiger partial charge < -0.3 is 58.9 Å². The van der Waals surface area contributed by atoms with Crippen molar-refractivity contribution in [3.63, 3.8) is 0 Å². The first-order valence-corrected chi connectivity index (χ1v) is 24.2. The molecule has 366 valence electrons. The lowest BCUT2D eigenvalue weighted by Crippen LogP contribution is -2.33. The second-order valence-electron chi connectivity index (χ2n) is 14.9. The maximum Gasteiger partial charge on any atom is 0.335 e. The van der Waals surface area contributed by atoms with Crippen molar-refractivity contribution in [2.24, 2.45) is 31.9 Å². The van der Waals surface area contributed by atoms with Gasteiger partial charge >= 0.3 is 5.97 Å². The molecule has 0 bridgehead atoms. The van der Waals surface area contributed by atoms with Crippen LogP contribution in [-0.2, 0) is 20.2 Å². The van der Waals surface area contributed by atoms with Gasteiger partial charge in [0.2, 0.25) is 17.8 Å². The number of phenols is 1. The zero-order valence-electron chi connectivity index (χ0n) is 36.9. The van der Waals surface area contributed by atoms with Gasteiger partial charge in [-0.3, -0.25) is 9.11 Å². The molecule has 0 spiro atoms. The Kier molecular flexibility index (Phi) is 18.2. The Labute approximate surface area is 396 Å². The van der Waals surface area contributed by atoms with Gasteiger partial charge in [-0.05, 0) is 72.1 Å². The van der Waals surface area contributed by atoms with Crippen molar-refractivity contribution in [1.82, 2.24) is 36.2 Å². The summed E-state index contributed by atoms with van der Waals surface area (Å²) in [5.74, 6) is -1.16. The molecular formula is C42H52N16O9S2. The van der Waals surface area contributed by atoms with Crippen molar-refractivity contribution in [2.45, 2.75) is 9.79 Å². The number of nitrogens with two attached hydrogens (primary N) is 2. The summed E-state index contributed by atoms with van der Waals surface area (Å²) in [4.78, 5) is 23.5. The quantitative estimate of drug-likeness (QED) is 0.0198. The van der Waals surface area contributed by atoms with E-state index in [9.17, 15) is 40.9 Å². The van der Waals surface area contributed by atoms with E-state index < -0.39 is 47.4 Å². The lowest BCUT2D eigenvalue weighted by molar-refractivity contribution is 0.0696. The SMILES string of the molecule is NCCNCCNCCNc1nc(NCCNCCNCCN)nc(Nc2ccc3cc(S(=O)(=O)O)c(N=Nc4ccc(N=Nc5ccc(C(=O)O)cc5)c5ccc(S(=O)(=O)O)cc45)c(O)c3c2)n1. The minimum Gasteiger partial charge on any atom is -0.505 e. The number of aromatic carboxylic acids is 1. The number of nitrogens with zero attached hydrogens (tertiary/aromatic N) is 7. The molecule has 6 rings (SSSR count). The summed E-state index contributed by atoms with van der Waals surface area (Å²) in [5, 5.41) is 60.6. The van der Waals surface area contributed by atoms with E-state index in [1.165, 1.54) is 54.6 Å². The highest BCUT2D eigenvalue weighted by Crippen LogP contribution is 2.43. The summed E-state index contributed by atoms with van der Waals surface area (Å²) in [5.41, 5.74) is 11.2. The number of phenolic OH excluding ortho intramolecular Hbond substituents is 1. The fraction of sp³-hybridized carbons (Fsp3) is 0.286. The second-order valence-corrected chi connectivity index (χ2v) is 17.7. The molecule has 1 heterocycles. The van der Waals surface area contributed by atoms with Crippen LogP contribution in [0.5, 0.6) is 5.75 Å². The highest BCUT2D eigenvalue weighted by Gasteiger charge is 2.23. The third-order valence-corrected chi connectivity index (χ3v) is 11.6. The molecule has 0 radical (unpaired) electrons. The van der Waals surface area contributed by atoms with E-state index in [0.29, 0.717) is 50.6 Å². The molecule has 0 amide bonds. The third kappa shape index (κ3) is 14.8. The molecular weight excluding hydrogens is 937 g/mol. The maximum absolute atomic E-state index is 12.7. The molecule has 25 nitrogen and oxygen atoms in total. The number of aromatic nitrogens is 3. The van der Waals surface area contributed by atoms with Gasteiger partial charge in [-0.2, -0.15) is 36.9 Å². The van der Waals surface area contributed by atoms with E-state index >= 15 is 0 Å². The Hall–Kier alpha value is -6.92. The van der Waals surface area contributed by atoms with Gasteiger partial charge in [-0.25, -0.2) is 4.79 Å². The predicted molar refractivity (Wildman–Crippen MR) is 261 cm³/mol. The maximum atomic E-state index is 12.7. The summed E-state index contributed by atoms with van der Waals surface area (Å²) in [6.45, 7) is 7.66.